The van der Waals surface area contributed by atoms with Gasteiger partial charge in [0.15, 0.2) is 0 Å². The Hall–Kier alpha value is -1.11. The van der Waals surface area contributed by atoms with Gasteiger partial charge in [0.05, 0.1) is 0 Å². The molecular weight excluding hydrogens is 208 g/mol. The zero-order valence-electron chi connectivity index (χ0n) is 11.5. The first-order chi connectivity index (χ1) is 8.20. The second-order valence-electron chi connectivity index (χ2n) is 4.49. The monoisotopic (exact) mass is 234 g/mol. The van der Waals surface area contributed by atoms with Gasteiger partial charge in [0.2, 0.25) is 0 Å². The molecule has 17 heavy (non-hydrogen) atoms. The molecule has 0 rings (SSSR count). The minimum Gasteiger partial charge on any atom is -0.303 e. The third kappa shape index (κ3) is 11.2. The van der Waals surface area contributed by atoms with E-state index < -0.39 is 0 Å². The van der Waals surface area contributed by atoms with E-state index in [2.05, 4.69) is 45.1 Å². The Bertz CT molecular complexity index is 282. The van der Waals surface area contributed by atoms with Gasteiger partial charge in [-0.2, -0.15) is 0 Å². The van der Waals surface area contributed by atoms with Crippen molar-refractivity contribution in [2.24, 2.45) is 0 Å². The Labute approximate surface area is 106 Å². The fourth-order valence-corrected chi connectivity index (χ4v) is 1.63. The van der Waals surface area contributed by atoms with E-state index >= 15 is 0 Å². The molecule has 0 heterocycles. The van der Waals surface area contributed by atoms with Crippen LogP contribution < -0.4 is 0 Å². The van der Waals surface area contributed by atoms with Crippen molar-refractivity contribution >= 4 is 6.29 Å². The maximum absolute atomic E-state index is 10.2. The summed E-state index contributed by atoms with van der Waals surface area (Å²) in [5.41, 5.74) is 2.87. The molecular formula is C16H26O. The third-order valence-corrected chi connectivity index (χ3v) is 2.75. The van der Waals surface area contributed by atoms with E-state index in [1.165, 1.54) is 11.1 Å². The van der Waals surface area contributed by atoms with Crippen LogP contribution >= 0.6 is 0 Å². The first-order valence-electron chi connectivity index (χ1n) is 6.56. The highest BCUT2D eigenvalue weighted by Crippen LogP contribution is 2.11. The lowest BCUT2D eigenvalue weighted by atomic mass is 10.1. The van der Waals surface area contributed by atoms with Gasteiger partial charge in [0.25, 0.3) is 0 Å². The molecule has 0 aliphatic carbocycles. The third-order valence-electron chi connectivity index (χ3n) is 2.75. The van der Waals surface area contributed by atoms with Crippen molar-refractivity contribution in [3.63, 3.8) is 0 Å². The quantitative estimate of drug-likeness (QED) is 0.312. The van der Waals surface area contributed by atoms with Gasteiger partial charge in [-0.1, -0.05) is 35.5 Å². The number of hydrogen-bond donors (Lipinski definition) is 0. The zero-order valence-corrected chi connectivity index (χ0v) is 11.5. The Morgan fingerprint density at radius 1 is 0.882 bits per heavy atom. The SMILES string of the molecule is CC=CCCC(C)=CCCC(C)=CCCC=O. The van der Waals surface area contributed by atoms with E-state index in [0.717, 1.165) is 38.4 Å². The number of carbonyl (C=O) groups excluding carboxylic acids is 1. The molecule has 0 aliphatic heterocycles. The Balaban J connectivity index is 3.75. The molecule has 0 atom stereocenters. The smallest absolute Gasteiger partial charge is 0.120 e. The van der Waals surface area contributed by atoms with Crippen molar-refractivity contribution < 1.29 is 4.79 Å². The summed E-state index contributed by atoms with van der Waals surface area (Å²) in [6.07, 6.45) is 15.9. The van der Waals surface area contributed by atoms with Crippen molar-refractivity contribution in [2.75, 3.05) is 0 Å². The summed E-state index contributed by atoms with van der Waals surface area (Å²) in [6, 6.07) is 0. The molecule has 0 saturated heterocycles. The largest absolute Gasteiger partial charge is 0.303 e. The summed E-state index contributed by atoms with van der Waals surface area (Å²) in [5.74, 6) is 0. The van der Waals surface area contributed by atoms with Gasteiger partial charge < -0.3 is 4.79 Å². The first kappa shape index (κ1) is 15.9. The maximum Gasteiger partial charge on any atom is 0.120 e. The van der Waals surface area contributed by atoms with Gasteiger partial charge in [-0.05, 0) is 52.9 Å². The van der Waals surface area contributed by atoms with Gasteiger partial charge >= 0.3 is 0 Å². The first-order valence-corrected chi connectivity index (χ1v) is 6.56. The van der Waals surface area contributed by atoms with Crippen LogP contribution in [0.2, 0.25) is 0 Å². The summed E-state index contributed by atoms with van der Waals surface area (Å²) in [5, 5.41) is 0. The average Bonchev–Trinajstić information content (AvgIpc) is 2.30. The van der Waals surface area contributed by atoms with E-state index in [9.17, 15) is 4.79 Å². The van der Waals surface area contributed by atoms with Crippen molar-refractivity contribution in [2.45, 2.75) is 59.3 Å². The summed E-state index contributed by atoms with van der Waals surface area (Å²) < 4.78 is 0. The molecule has 0 fully saturated rings. The summed E-state index contributed by atoms with van der Waals surface area (Å²) in [7, 11) is 0. The highest BCUT2D eigenvalue weighted by atomic mass is 16.1. The molecule has 0 amide bonds. The number of allylic oxidation sites excluding steroid dienone is 6. The Morgan fingerprint density at radius 3 is 2.06 bits per heavy atom. The van der Waals surface area contributed by atoms with Crippen LogP contribution in [-0.4, -0.2) is 6.29 Å². The topological polar surface area (TPSA) is 17.1 Å². The van der Waals surface area contributed by atoms with Crippen LogP contribution in [0.25, 0.3) is 0 Å². The van der Waals surface area contributed by atoms with E-state index in [1.807, 2.05) is 0 Å². The molecule has 96 valence electrons. The van der Waals surface area contributed by atoms with Gasteiger partial charge in [0, 0.05) is 6.42 Å². The number of carbonyl (C=O) groups is 1. The van der Waals surface area contributed by atoms with Gasteiger partial charge in [-0.3, -0.25) is 0 Å². The standard InChI is InChI=1S/C16H26O/c1-4-5-6-10-15(2)12-9-13-16(3)11-7-8-14-17/h4-5,11-12,14H,6-10,13H2,1-3H3. The second-order valence-corrected chi connectivity index (χ2v) is 4.49. The zero-order chi connectivity index (χ0) is 12.9. The number of aldehydes is 1. The highest BCUT2D eigenvalue weighted by molar-refractivity contribution is 5.49. The van der Waals surface area contributed by atoms with Crippen LogP contribution in [0.15, 0.2) is 35.5 Å². The van der Waals surface area contributed by atoms with Crippen LogP contribution in [0, 0.1) is 0 Å². The molecule has 0 saturated carbocycles. The fraction of sp³-hybridized carbons (Fsp3) is 0.562. The number of unbranched alkanes of at least 4 members (excludes halogenated alkanes) is 1. The number of hydrogen-bond acceptors (Lipinski definition) is 1. The summed E-state index contributed by atoms with van der Waals surface area (Å²) in [6.45, 7) is 6.41. The highest BCUT2D eigenvalue weighted by Gasteiger charge is 1.91. The van der Waals surface area contributed by atoms with Gasteiger partial charge in [0.1, 0.15) is 6.29 Å². The van der Waals surface area contributed by atoms with Crippen LogP contribution in [0.1, 0.15) is 59.3 Å². The van der Waals surface area contributed by atoms with Crippen molar-refractivity contribution in [3.8, 4) is 0 Å². The van der Waals surface area contributed by atoms with Crippen LogP contribution in [-0.2, 0) is 4.79 Å². The van der Waals surface area contributed by atoms with Crippen molar-refractivity contribution in [3.05, 3.63) is 35.5 Å². The molecule has 0 bridgehead atoms. The molecule has 0 unspecified atom stereocenters. The molecule has 0 N–H and O–H groups in total. The second kappa shape index (κ2) is 11.4. The maximum atomic E-state index is 10.2. The lowest BCUT2D eigenvalue weighted by Crippen LogP contribution is -1.81. The summed E-state index contributed by atoms with van der Waals surface area (Å²) in [4.78, 5) is 10.2. The normalized spacial score (nSPS) is 13.4. The van der Waals surface area contributed by atoms with E-state index in [1.54, 1.807) is 0 Å². The molecule has 0 aromatic carbocycles. The molecule has 1 nitrogen and oxygen atoms in total. The van der Waals surface area contributed by atoms with E-state index in [-0.39, 0.29) is 0 Å². The minimum absolute atomic E-state index is 0.648. The lowest BCUT2D eigenvalue weighted by Gasteiger charge is -2.00. The van der Waals surface area contributed by atoms with Crippen LogP contribution in [0.5, 0.6) is 0 Å². The van der Waals surface area contributed by atoms with E-state index in [0.29, 0.717) is 6.42 Å². The minimum atomic E-state index is 0.648. The lowest BCUT2D eigenvalue weighted by molar-refractivity contribution is -0.107. The van der Waals surface area contributed by atoms with Gasteiger partial charge in [-0.15, -0.1) is 0 Å². The Morgan fingerprint density at radius 2 is 1.47 bits per heavy atom. The van der Waals surface area contributed by atoms with Gasteiger partial charge in [-0.25, -0.2) is 0 Å². The summed E-state index contributed by atoms with van der Waals surface area (Å²) >= 11 is 0. The molecule has 1 heteroatoms. The van der Waals surface area contributed by atoms with Crippen molar-refractivity contribution in [1.82, 2.24) is 0 Å². The fourth-order valence-electron chi connectivity index (χ4n) is 1.63. The predicted octanol–water partition coefficient (Wildman–Crippen LogP) is 4.99. The number of rotatable bonds is 9. The molecule has 0 aromatic rings. The van der Waals surface area contributed by atoms with Crippen LogP contribution in [0.3, 0.4) is 0 Å². The molecule has 0 spiro atoms. The molecule has 0 aromatic heterocycles. The molecule has 0 radical (unpaired) electrons. The average molecular weight is 234 g/mol. The molecule has 0 aliphatic rings. The predicted molar refractivity (Wildman–Crippen MR) is 76.1 cm³/mol. The van der Waals surface area contributed by atoms with Crippen molar-refractivity contribution in [1.29, 1.82) is 0 Å². The van der Waals surface area contributed by atoms with E-state index in [4.69, 9.17) is 0 Å². The van der Waals surface area contributed by atoms with Crippen LogP contribution in [0.4, 0.5) is 0 Å². The Kier molecular flexibility index (Phi) is 10.6.